The van der Waals surface area contributed by atoms with Crippen molar-refractivity contribution in [1.82, 2.24) is 5.32 Å². The van der Waals surface area contributed by atoms with Crippen LogP contribution in [0.3, 0.4) is 0 Å². The third-order valence-electron chi connectivity index (χ3n) is 3.49. The van der Waals surface area contributed by atoms with Crippen LogP contribution in [0.25, 0.3) is 0 Å². The fourth-order valence-corrected chi connectivity index (χ4v) is 2.47. The quantitative estimate of drug-likeness (QED) is 0.895. The number of ether oxygens (including phenoxy) is 2. The molecule has 2 atom stereocenters. The van der Waals surface area contributed by atoms with Crippen LogP contribution in [-0.4, -0.2) is 27.3 Å². The van der Waals surface area contributed by atoms with Gasteiger partial charge in [-0.15, -0.1) is 0 Å². The highest BCUT2D eigenvalue weighted by atomic mass is 19.1. The van der Waals surface area contributed by atoms with E-state index >= 15 is 0 Å². The Morgan fingerprint density at radius 2 is 2.11 bits per heavy atom. The Bertz CT molecular complexity index is 415. The summed E-state index contributed by atoms with van der Waals surface area (Å²) in [5.74, 6) is 1.71. The van der Waals surface area contributed by atoms with E-state index < -0.39 is 6.17 Å². The lowest BCUT2D eigenvalue weighted by atomic mass is 9.94. The standard InChI is InChI=1S/C14H20FNO2/c1-9(15)11-6-12(10-4-5-16-8-10)14(18-3)13(7-11)17-2/h6-7,9-10,16H,4-5,8H2,1-3H3. The van der Waals surface area contributed by atoms with E-state index in [-0.39, 0.29) is 0 Å². The summed E-state index contributed by atoms with van der Waals surface area (Å²) in [5.41, 5.74) is 1.69. The molecule has 3 nitrogen and oxygen atoms in total. The second-order valence-electron chi connectivity index (χ2n) is 4.65. The molecule has 0 spiro atoms. The second kappa shape index (κ2) is 5.57. The molecular weight excluding hydrogens is 233 g/mol. The van der Waals surface area contributed by atoms with E-state index in [1.54, 1.807) is 20.3 Å². The average Bonchev–Trinajstić information content (AvgIpc) is 2.90. The van der Waals surface area contributed by atoms with Gasteiger partial charge < -0.3 is 14.8 Å². The first kappa shape index (κ1) is 13.1. The van der Waals surface area contributed by atoms with Crippen LogP contribution >= 0.6 is 0 Å². The van der Waals surface area contributed by atoms with Gasteiger partial charge in [0, 0.05) is 18.0 Å². The van der Waals surface area contributed by atoms with Gasteiger partial charge in [-0.25, -0.2) is 4.39 Å². The maximum atomic E-state index is 13.5. The largest absolute Gasteiger partial charge is 0.493 e. The zero-order valence-electron chi connectivity index (χ0n) is 11.1. The molecule has 1 aromatic rings. The van der Waals surface area contributed by atoms with E-state index in [0.29, 0.717) is 17.2 Å². The van der Waals surface area contributed by atoms with Gasteiger partial charge in [0.05, 0.1) is 14.2 Å². The Balaban J connectivity index is 2.48. The smallest absolute Gasteiger partial charge is 0.164 e. The van der Waals surface area contributed by atoms with Gasteiger partial charge in [0.2, 0.25) is 0 Å². The molecule has 1 N–H and O–H groups in total. The number of alkyl halides is 1. The Kier molecular flexibility index (Phi) is 4.07. The van der Waals surface area contributed by atoms with Crippen LogP contribution < -0.4 is 14.8 Å². The van der Waals surface area contributed by atoms with Gasteiger partial charge in [0.1, 0.15) is 6.17 Å². The van der Waals surface area contributed by atoms with Crippen LogP contribution in [0.5, 0.6) is 11.5 Å². The lowest BCUT2D eigenvalue weighted by molar-refractivity contribution is 0.342. The molecule has 1 saturated heterocycles. The summed E-state index contributed by atoms with van der Waals surface area (Å²) in [6.07, 6.45) is 0.0433. The van der Waals surface area contributed by atoms with Crippen molar-refractivity contribution in [3.05, 3.63) is 23.3 Å². The lowest BCUT2D eigenvalue weighted by Gasteiger charge is -2.19. The van der Waals surface area contributed by atoms with Gasteiger partial charge in [-0.2, -0.15) is 0 Å². The molecular formula is C14H20FNO2. The lowest BCUT2D eigenvalue weighted by Crippen LogP contribution is -2.09. The Hall–Kier alpha value is -1.29. The van der Waals surface area contributed by atoms with Gasteiger partial charge in [-0.1, -0.05) is 0 Å². The van der Waals surface area contributed by atoms with Crippen molar-refractivity contribution in [2.45, 2.75) is 25.4 Å². The third kappa shape index (κ3) is 2.43. The molecule has 0 radical (unpaired) electrons. The molecule has 1 aliphatic rings. The number of nitrogens with one attached hydrogen (secondary N) is 1. The predicted octanol–water partition coefficient (Wildman–Crippen LogP) is 2.81. The minimum absolute atomic E-state index is 0.368. The summed E-state index contributed by atoms with van der Waals surface area (Å²) in [6, 6.07) is 3.62. The molecule has 1 fully saturated rings. The molecule has 1 aromatic carbocycles. The maximum absolute atomic E-state index is 13.5. The first-order valence-corrected chi connectivity index (χ1v) is 6.28. The molecule has 0 bridgehead atoms. The van der Waals surface area contributed by atoms with Crippen molar-refractivity contribution in [2.24, 2.45) is 0 Å². The Morgan fingerprint density at radius 1 is 1.33 bits per heavy atom. The molecule has 100 valence electrons. The molecule has 18 heavy (non-hydrogen) atoms. The van der Waals surface area contributed by atoms with Gasteiger partial charge in [0.25, 0.3) is 0 Å². The first-order valence-electron chi connectivity index (χ1n) is 6.28. The molecule has 1 aliphatic heterocycles. The number of hydrogen-bond donors (Lipinski definition) is 1. The minimum atomic E-state index is -1.00. The van der Waals surface area contributed by atoms with Gasteiger partial charge >= 0.3 is 0 Å². The topological polar surface area (TPSA) is 30.5 Å². The van der Waals surface area contributed by atoms with Crippen molar-refractivity contribution in [3.8, 4) is 11.5 Å². The summed E-state index contributed by atoms with van der Waals surface area (Å²) in [4.78, 5) is 0. The number of rotatable bonds is 4. The summed E-state index contributed by atoms with van der Waals surface area (Å²) in [6.45, 7) is 3.44. The number of hydrogen-bond acceptors (Lipinski definition) is 3. The average molecular weight is 253 g/mol. The van der Waals surface area contributed by atoms with Crippen LogP contribution in [-0.2, 0) is 0 Å². The molecule has 0 aromatic heterocycles. The zero-order chi connectivity index (χ0) is 13.1. The number of benzene rings is 1. The maximum Gasteiger partial charge on any atom is 0.164 e. The van der Waals surface area contributed by atoms with E-state index in [1.807, 2.05) is 6.07 Å². The van der Waals surface area contributed by atoms with Gasteiger partial charge in [-0.05, 0) is 37.6 Å². The zero-order valence-corrected chi connectivity index (χ0v) is 11.1. The predicted molar refractivity (Wildman–Crippen MR) is 69.3 cm³/mol. The summed E-state index contributed by atoms with van der Waals surface area (Å²) in [5, 5.41) is 3.32. The van der Waals surface area contributed by atoms with E-state index in [4.69, 9.17) is 9.47 Å². The van der Waals surface area contributed by atoms with E-state index in [2.05, 4.69) is 5.32 Å². The highest BCUT2D eigenvalue weighted by Gasteiger charge is 2.24. The first-order chi connectivity index (χ1) is 8.67. The van der Waals surface area contributed by atoms with Crippen LogP contribution in [0.4, 0.5) is 4.39 Å². The van der Waals surface area contributed by atoms with E-state index in [1.165, 1.54) is 6.92 Å². The van der Waals surface area contributed by atoms with Crippen LogP contribution in [0.1, 0.15) is 36.6 Å². The van der Waals surface area contributed by atoms with Crippen LogP contribution in [0.2, 0.25) is 0 Å². The van der Waals surface area contributed by atoms with E-state index in [9.17, 15) is 4.39 Å². The summed E-state index contributed by atoms with van der Waals surface area (Å²) in [7, 11) is 3.21. The monoisotopic (exact) mass is 253 g/mol. The van der Waals surface area contributed by atoms with Crippen molar-refractivity contribution in [3.63, 3.8) is 0 Å². The minimum Gasteiger partial charge on any atom is -0.493 e. The normalized spacial score (nSPS) is 20.8. The van der Waals surface area contributed by atoms with Crippen molar-refractivity contribution < 1.29 is 13.9 Å². The highest BCUT2D eigenvalue weighted by molar-refractivity contribution is 5.52. The van der Waals surface area contributed by atoms with E-state index in [0.717, 1.165) is 30.8 Å². The van der Waals surface area contributed by atoms with Crippen molar-refractivity contribution >= 4 is 0 Å². The second-order valence-corrected chi connectivity index (χ2v) is 4.65. The molecule has 0 saturated carbocycles. The number of methoxy groups -OCH3 is 2. The van der Waals surface area contributed by atoms with Crippen LogP contribution in [0.15, 0.2) is 12.1 Å². The molecule has 0 amide bonds. The summed E-state index contributed by atoms with van der Waals surface area (Å²) >= 11 is 0. The molecule has 2 unspecified atom stereocenters. The van der Waals surface area contributed by atoms with Crippen molar-refractivity contribution in [2.75, 3.05) is 27.3 Å². The van der Waals surface area contributed by atoms with Gasteiger partial charge in [-0.3, -0.25) is 0 Å². The highest BCUT2D eigenvalue weighted by Crippen LogP contribution is 2.40. The molecule has 2 rings (SSSR count). The Morgan fingerprint density at radius 3 is 2.61 bits per heavy atom. The Labute approximate surface area is 107 Å². The van der Waals surface area contributed by atoms with Crippen LogP contribution in [0, 0.1) is 0 Å². The van der Waals surface area contributed by atoms with Gasteiger partial charge in [0.15, 0.2) is 11.5 Å². The third-order valence-corrected chi connectivity index (χ3v) is 3.49. The fourth-order valence-electron chi connectivity index (χ4n) is 2.47. The molecule has 4 heteroatoms. The SMILES string of the molecule is COc1cc(C(C)F)cc(C2CCNC2)c1OC. The summed E-state index contributed by atoms with van der Waals surface area (Å²) < 4.78 is 24.3. The van der Waals surface area contributed by atoms with Crippen molar-refractivity contribution in [1.29, 1.82) is 0 Å². The molecule has 1 heterocycles. The molecule has 0 aliphatic carbocycles. The fraction of sp³-hybridized carbons (Fsp3) is 0.571. The number of halogens is 1.